The van der Waals surface area contributed by atoms with E-state index in [4.69, 9.17) is 0 Å². The summed E-state index contributed by atoms with van der Waals surface area (Å²) in [6.07, 6.45) is 0. The number of carbonyl (C=O) groups is 1. The van der Waals surface area contributed by atoms with Crippen LogP contribution in [0.2, 0.25) is 0 Å². The predicted octanol–water partition coefficient (Wildman–Crippen LogP) is 1.72. The van der Waals surface area contributed by atoms with Crippen molar-refractivity contribution in [1.29, 1.82) is 0 Å². The topological polar surface area (TPSA) is 60.8 Å². The fourth-order valence-corrected chi connectivity index (χ4v) is 2.75. The summed E-state index contributed by atoms with van der Waals surface area (Å²) < 4.78 is 0. The number of carbonyl (C=O) groups excluding carboxylic acids is 1. The molecular formula is C15H27N5OS. The second-order valence-corrected chi connectivity index (χ2v) is 5.89. The van der Waals surface area contributed by atoms with Crippen molar-refractivity contribution in [1.82, 2.24) is 20.1 Å². The SMILES string of the molecule is CCNC(=NCc1scnc1C)N(C)CC(=O)N(CC)CC. The van der Waals surface area contributed by atoms with Gasteiger partial charge in [0.05, 0.1) is 24.3 Å². The molecule has 1 aromatic heterocycles. The Bertz CT molecular complexity index is 496. The van der Waals surface area contributed by atoms with Crippen LogP contribution in [-0.2, 0) is 11.3 Å². The lowest BCUT2D eigenvalue weighted by molar-refractivity contribution is -0.131. The highest BCUT2D eigenvalue weighted by molar-refractivity contribution is 7.09. The maximum Gasteiger partial charge on any atom is 0.242 e. The summed E-state index contributed by atoms with van der Waals surface area (Å²) in [4.78, 5) is 25.9. The second kappa shape index (κ2) is 9.40. The first kappa shape index (κ1) is 18.4. The maximum atomic E-state index is 12.2. The third kappa shape index (κ3) is 5.29. The Kier molecular flexibility index (Phi) is 7.87. The number of nitrogens with one attached hydrogen (secondary N) is 1. The van der Waals surface area contributed by atoms with Crippen LogP contribution >= 0.6 is 11.3 Å². The predicted molar refractivity (Wildman–Crippen MR) is 92.2 cm³/mol. The van der Waals surface area contributed by atoms with Crippen molar-refractivity contribution in [2.45, 2.75) is 34.2 Å². The summed E-state index contributed by atoms with van der Waals surface area (Å²) >= 11 is 1.61. The van der Waals surface area contributed by atoms with E-state index in [0.717, 1.165) is 36.2 Å². The van der Waals surface area contributed by atoms with E-state index in [0.29, 0.717) is 13.1 Å². The number of guanidine groups is 1. The molecule has 0 aliphatic carbocycles. The van der Waals surface area contributed by atoms with Gasteiger partial charge in [-0.25, -0.2) is 9.98 Å². The van der Waals surface area contributed by atoms with Gasteiger partial charge in [0.2, 0.25) is 5.91 Å². The zero-order valence-corrected chi connectivity index (χ0v) is 15.0. The number of nitrogens with zero attached hydrogens (tertiary/aromatic N) is 4. The van der Waals surface area contributed by atoms with Crippen molar-refractivity contribution >= 4 is 23.2 Å². The average Bonchev–Trinajstić information content (AvgIpc) is 2.90. The molecule has 1 N–H and O–H groups in total. The number of thiazole rings is 1. The van der Waals surface area contributed by atoms with Crippen LogP contribution < -0.4 is 5.32 Å². The van der Waals surface area contributed by atoms with Crippen LogP contribution in [0.5, 0.6) is 0 Å². The molecule has 0 unspecified atom stereocenters. The van der Waals surface area contributed by atoms with E-state index in [1.165, 1.54) is 0 Å². The van der Waals surface area contributed by atoms with E-state index in [-0.39, 0.29) is 5.91 Å². The fraction of sp³-hybridized carbons (Fsp3) is 0.667. The Labute approximate surface area is 137 Å². The minimum Gasteiger partial charge on any atom is -0.357 e. The van der Waals surface area contributed by atoms with Crippen molar-refractivity contribution < 1.29 is 4.79 Å². The van der Waals surface area contributed by atoms with Crippen molar-refractivity contribution in [3.05, 3.63) is 16.1 Å². The van der Waals surface area contributed by atoms with Gasteiger partial charge in [-0.2, -0.15) is 0 Å². The van der Waals surface area contributed by atoms with Gasteiger partial charge in [0, 0.05) is 31.6 Å². The van der Waals surface area contributed by atoms with Gasteiger partial charge in [-0.05, 0) is 27.7 Å². The minimum absolute atomic E-state index is 0.118. The molecule has 0 aliphatic heterocycles. The molecule has 0 spiro atoms. The van der Waals surface area contributed by atoms with E-state index in [2.05, 4.69) is 15.3 Å². The van der Waals surface area contributed by atoms with Crippen molar-refractivity contribution in [3.63, 3.8) is 0 Å². The van der Waals surface area contributed by atoms with Crippen LogP contribution in [0.1, 0.15) is 31.3 Å². The number of aromatic nitrogens is 1. The highest BCUT2D eigenvalue weighted by atomic mass is 32.1. The number of aryl methyl sites for hydroxylation is 1. The zero-order valence-electron chi connectivity index (χ0n) is 14.2. The molecule has 0 radical (unpaired) electrons. The molecule has 0 bridgehead atoms. The molecule has 1 heterocycles. The molecule has 1 aromatic rings. The summed E-state index contributed by atoms with van der Waals surface area (Å²) in [5.41, 5.74) is 2.85. The number of amides is 1. The molecule has 124 valence electrons. The summed E-state index contributed by atoms with van der Waals surface area (Å²) in [6.45, 7) is 11.1. The van der Waals surface area contributed by atoms with Gasteiger partial charge < -0.3 is 15.1 Å². The average molecular weight is 325 g/mol. The normalized spacial score (nSPS) is 11.4. The minimum atomic E-state index is 0.118. The second-order valence-electron chi connectivity index (χ2n) is 4.95. The standard InChI is InChI=1S/C15H27N5OS/c1-6-16-15(17-9-13-12(4)18-11-22-13)19(5)10-14(21)20(7-2)8-3/h11H,6-10H2,1-5H3,(H,16,17). The van der Waals surface area contributed by atoms with Crippen LogP contribution in [0.25, 0.3) is 0 Å². The first-order valence-corrected chi connectivity index (χ1v) is 8.57. The lowest BCUT2D eigenvalue weighted by Crippen LogP contribution is -2.45. The van der Waals surface area contributed by atoms with E-state index >= 15 is 0 Å². The molecule has 0 atom stereocenters. The van der Waals surface area contributed by atoms with Crippen LogP contribution in [0.4, 0.5) is 0 Å². The van der Waals surface area contributed by atoms with E-state index in [1.54, 1.807) is 11.3 Å². The Morgan fingerprint density at radius 2 is 2.05 bits per heavy atom. The fourth-order valence-electron chi connectivity index (χ4n) is 2.05. The first-order chi connectivity index (χ1) is 10.5. The zero-order chi connectivity index (χ0) is 16.5. The van der Waals surface area contributed by atoms with Gasteiger partial charge in [-0.1, -0.05) is 0 Å². The third-order valence-electron chi connectivity index (χ3n) is 3.40. The summed E-state index contributed by atoms with van der Waals surface area (Å²) in [7, 11) is 1.89. The van der Waals surface area contributed by atoms with E-state index in [9.17, 15) is 4.79 Å². The molecule has 6 nitrogen and oxygen atoms in total. The lowest BCUT2D eigenvalue weighted by atomic mass is 10.4. The largest absolute Gasteiger partial charge is 0.357 e. The van der Waals surface area contributed by atoms with Gasteiger partial charge in [-0.15, -0.1) is 11.3 Å². The van der Waals surface area contributed by atoms with Crippen LogP contribution in [0, 0.1) is 6.92 Å². The number of aliphatic imine (C=N–C) groups is 1. The van der Waals surface area contributed by atoms with Crippen molar-refractivity contribution in [2.75, 3.05) is 33.2 Å². The molecular weight excluding hydrogens is 298 g/mol. The lowest BCUT2D eigenvalue weighted by Gasteiger charge is -2.25. The Morgan fingerprint density at radius 1 is 1.36 bits per heavy atom. The molecule has 0 aliphatic rings. The molecule has 22 heavy (non-hydrogen) atoms. The molecule has 1 rings (SSSR count). The number of likely N-dealkylation sites (N-methyl/N-ethyl adjacent to an activating group) is 2. The van der Waals surface area contributed by atoms with Crippen LogP contribution in [0.15, 0.2) is 10.5 Å². The summed E-state index contributed by atoms with van der Waals surface area (Å²) in [6, 6.07) is 0. The Balaban J connectivity index is 2.72. The molecule has 0 saturated heterocycles. The summed E-state index contributed by atoms with van der Waals surface area (Å²) in [5.74, 6) is 0.864. The third-order valence-corrected chi connectivity index (χ3v) is 4.32. The van der Waals surface area contributed by atoms with Gasteiger partial charge in [0.1, 0.15) is 0 Å². The van der Waals surface area contributed by atoms with Gasteiger partial charge in [0.25, 0.3) is 0 Å². The molecule has 0 saturated carbocycles. The first-order valence-electron chi connectivity index (χ1n) is 7.69. The number of hydrogen-bond donors (Lipinski definition) is 1. The van der Waals surface area contributed by atoms with E-state index in [1.807, 2.05) is 50.1 Å². The van der Waals surface area contributed by atoms with Crippen molar-refractivity contribution in [2.24, 2.45) is 4.99 Å². The van der Waals surface area contributed by atoms with Crippen molar-refractivity contribution in [3.8, 4) is 0 Å². The Morgan fingerprint density at radius 3 is 2.55 bits per heavy atom. The van der Waals surface area contributed by atoms with Gasteiger partial charge in [-0.3, -0.25) is 4.79 Å². The monoisotopic (exact) mass is 325 g/mol. The molecule has 7 heteroatoms. The summed E-state index contributed by atoms with van der Waals surface area (Å²) in [5, 5.41) is 3.23. The quantitative estimate of drug-likeness (QED) is 0.612. The molecule has 0 aromatic carbocycles. The van der Waals surface area contributed by atoms with Gasteiger partial charge in [0.15, 0.2) is 5.96 Å². The highest BCUT2D eigenvalue weighted by Crippen LogP contribution is 2.13. The Hall–Kier alpha value is -1.63. The maximum absolute atomic E-state index is 12.2. The number of hydrogen-bond acceptors (Lipinski definition) is 4. The smallest absolute Gasteiger partial charge is 0.242 e. The molecule has 0 fully saturated rings. The van der Waals surface area contributed by atoms with E-state index < -0.39 is 0 Å². The van der Waals surface area contributed by atoms with Crippen LogP contribution in [-0.4, -0.2) is 59.9 Å². The highest BCUT2D eigenvalue weighted by Gasteiger charge is 2.15. The molecule has 1 amide bonds. The van der Waals surface area contributed by atoms with Crippen LogP contribution in [0.3, 0.4) is 0 Å². The van der Waals surface area contributed by atoms with Gasteiger partial charge >= 0.3 is 0 Å². The number of rotatable bonds is 7.